The van der Waals surface area contributed by atoms with Gasteiger partial charge in [0, 0.05) is 6.04 Å². The van der Waals surface area contributed by atoms with Crippen LogP contribution in [0.3, 0.4) is 0 Å². The maximum absolute atomic E-state index is 13.3. The molecule has 0 aliphatic heterocycles. The van der Waals surface area contributed by atoms with Crippen molar-refractivity contribution in [3.8, 4) is 0 Å². The Bertz CT molecular complexity index is 361. The minimum atomic E-state index is -0.447. The number of aliphatic hydroxyl groups is 1. The lowest BCUT2D eigenvalue weighted by molar-refractivity contribution is 0.130. The fourth-order valence-corrected chi connectivity index (χ4v) is 2.27. The van der Waals surface area contributed by atoms with Gasteiger partial charge >= 0.3 is 0 Å². The van der Waals surface area contributed by atoms with Crippen LogP contribution < -0.4 is 5.32 Å². The van der Waals surface area contributed by atoms with Crippen LogP contribution in [0, 0.1) is 11.7 Å². The zero-order valence-electron chi connectivity index (χ0n) is 9.23. The van der Waals surface area contributed by atoms with Crippen LogP contribution in [-0.4, -0.2) is 27.2 Å². The van der Waals surface area contributed by atoms with Crippen molar-refractivity contribution in [1.29, 1.82) is 0 Å². The molecule has 0 aromatic carbocycles. The maximum Gasteiger partial charge on any atom is 0.183 e. The van der Waals surface area contributed by atoms with Gasteiger partial charge in [-0.3, -0.25) is 0 Å². The summed E-state index contributed by atoms with van der Waals surface area (Å²) in [4.78, 5) is 7.43. The molecule has 0 spiro atoms. The van der Waals surface area contributed by atoms with Gasteiger partial charge in [-0.05, 0) is 18.8 Å². The van der Waals surface area contributed by atoms with E-state index in [0.29, 0.717) is 12.3 Å². The number of nitrogens with zero attached hydrogens (tertiary/aromatic N) is 2. The van der Waals surface area contributed by atoms with Crippen LogP contribution in [0.2, 0.25) is 0 Å². The van der Waals surface area contributed by atoms with E-state index in [1.807, 2.05) is 0 Å². The molecular weight excluding hydrogens is 221 g/mol. The number of anilines is 1. The minimum absolute atomic E-state index is 0. The number of rotatable bonds is 3. The summed E-state index contributed by atoms with van der Waals surface area (Å²) in [6.07, 6.45) is 4.63. The molecule has 0 saturated heterocycles. The Hall–Kier alpha value is -1.23. The van der Waals surface area contributed by atoms with Gasteiger partial charge in [-0.2, -0.15) is 0 Å². The lowest BCUT2D eigenvalue weighted by atomic mass is 10.0. The van der Waals surface area contributed by atoms with E-state index in [0.717, 1.165) is 19.0 Å². The van der Waals surface area contributed by atoms with Crippen molar-refractivity contribution in [3.63, 3.8) is 0 Å². The van der Waals surface area contributed by atoms with E-state index in [4.69, 9.17) is 0 Å². The van der Waals surface area contributed by atoms with Crippen molar-refractivity contribution in [2.45, 2.75) is 45.8 Å². The summed E-state index contributed by atoms with van der Waals surface area (Å²) >= 11 is 0. The highest BCUT2D eigenvalue weighted by atomic mass is 19.1. The number of aromatic nitrogens is 2. The summed E-state index contributed by atoms with van der Waals surface area (Å²) in [5, 5.41) is 12.8. The molecule has 1 heterocycles. The molecule has 1 aliphatic carbocycles. The lowest BCUT2D eigenvalue weighted by Gasteiger charge is -2.13. The van der Waals surface area contributed by atoms with Crippen molar-refractivity contribution >= 4 is 5.82 Å². The molecule has 17 heavy (non-hydrogen) atoms. The van der Waals surface area contributed by atoms with Crippen molar-refractivity contribution in [1.82, 2.24) is 9.97 Å². The number of aliphatic hydroxyl groups excluding tert-OH is 1. The Kier molecular flexibility index (Phi) is 4.81. The molecule has 3 atom stereocenters. The first kappa shape index (κ1) is 13.8. The minimum Gasteiger partial charge on any atom is -0.393 e. The van der Waals surface area contributed by atoms with Crippen LogP contribution >= 0.6 is 0 Å². The number of hydrogen-bond acceptors (Lipinski definition) is 4. The lowest BCUT2D eigenvalue weighted by Crippen LogP contribution is -2.18. The molecule has 1 saturated carbocycles. The molecule has 2 rings (SSSR count). The zero-order valence-corrected chi connectivity index (χ0v) is 9.23. The third kappa shape index (κ3) is 3.12. The zero-order chi connectivity index (χ0) is 11.5. The Morgan fingerprint density at radius 2 is 2.29 bits per heavy atom. The Morgan fingerprint density at radius 1 is 1.53 bits per heavy atom. The largest absolute Gasteiger partial charge is 0.393 e. The molecule has 4 nitrogen and oxygen atoms in total. The van der Waals surface area contributed by atoms with Crippen LogP contribution in [0.1, 0.15) is 33.6 Å². The van der Waals surface area contributed by atoms with Gasteiger partial charge in [-0.15, -0.1) is 0 Å². The molecule has 2 N–H and O–H groups in total. The Balaban J connectivity index is 0.00000144. The molecule has 0 amide bonds. The normalized spacial score (nSPS) is 27.6. The van der Waals surface area contributed by atoms with E-state index in [1.165, 1.54) is 6.33 Å². The van der Waals surface area contributed by atoms with E-state index in [1.54, 1.807) is 0 Å². The van der Waals surface area contributed by atoms with Crippen molar-refractivity contribution in [2.24, 2.45) is 5.92 Å². The molecule has 1 fully saturated rings. The molecule has 0 radical (unpaired) electrons. The molecule has 5 heteroatoms. The number of nitrogens with one attached hydrogen (secondary N) is 1. The molecule has 0 unspecified atom stereocenters. The average Bonchev–Trinajstić information content (AvgIpc) is 2.62. The second-order valence-electron chi connectivity index (χ2n) is 4.27. The van der Waals surface area contributed by atoms with E-state index < -0.39 is 5.82 Å². The summed E-state index contributed by atoms with van der Waals surface area (Å²) in [5.41, 5.74) is 0. The van der Waals surface area contributed by atoms with E-state index in [2.05, 4.69) is 22.2 Å². The van der Waals surface area contributed by atoms with Crippen LogP contribution in [0.15, 0.2) is 12.5 Å². The fraction of sp³-hybridized carbons (Fsp3) is 0.667. The van der Waals surface area contributed by atoms with E-state index >= 15 is 0 Å². The summed E-state index contributed by atoms with van der Waals surface area (Å²) in [7, 11) is 0. The van der Waals surface area contributed by atoms with Crippen molar-refractivity contribution in [2.75, 3.05) is 5.32 Å². The highest BCUT2D eigenvalue weighted by Gasteiger charge is 2.32. The number of halogens is 1. The molecule has 96 valence electrons. The van der Waals surface area contributed by atoms with Crippen molar-refractivity contribution in [3.05, 3.63) is 18.3 Å². The van der Waals surface area contributed by atoms with E-state index in [-0.39, 0.29) is 25.4 Å². The molecule has 1 aromatic rings. The molecule has 1 aromatic heterocycles. The van der Waals surface area contributed by atoms with Gasteiger partial charge < -0.3 is 10.4 Å². The topological polar surface area (TPSA) is 58.0 Å². The van der Waals surface area contributed by atoms with Gasteiger partial charge in [0.15, 0.2) is 11.6 Å². The Labute approximate surface area is 101 Å². The highest BCUT2D eigenvalue weighted by molar-refractivity contribution is 5.35. The maximum atomic E-state index is 13.3. The van der Waals surface area contributed by atoms with Crippen molar-refractivity contribution < 1.29 is 9.50 Å². The van der Waals surface area contributed by atoms with Crippen LogP contribution in [0.25, 0.3) is 0 Å². The van der Waals surface area contributed by atoms with Gasteiger partial charge in [0.2, 0.25) is 0 Å². The van der Waals surface area contributed by atoms with Crippen LogP contribution in [0.5, 0.6) is 0 Å². The van der Waals surface area contributed by atoms with Gasteiger partial charge in [-0.25, -0.2) is 14.4 Å². The second kappa shape index (κ2) is 5.91. The average molecular weight is 241 g/mol. The monoisotopic (exact) mass is 241 g/mol. The fourth-order valence-electron chi connectivity index (χ4n) is 2.27. The third-order valence-corrected chi connectivity index (χ3v) is 3.19. The SMILES string of the molecule is C.CC[C@H]1C[C@@H](Nc2ncncc2F)C[C@@H]1O. The smallest absolute Gasteiger partial charge is 0.183 e. The van der Waals surface area contributed by atoms with Crippen LogP contribution in [-0.2, 0) is 0 Å². The summed E-state index contributed by atoms with van der Waals surface area (Å²) in [5.74, 6) is 0.0864. The Morgan fingerprint density at radius 3 is 2.88 bits per heavy atom. The highest BCUT2D eigenvalue weighted by Crippen LogP contribution is 2.30. The predicted molar refractivity (Wildman–Crippen MR) is 65.2 cm³/mol. The first-order valence-electron chi connectivity index (χ1n) is 5.60. The van der Waals surface area contributed by atoms with Crippen LogP contribution in [0.4, 0.5) is 10.2 Å². The molecule has 1 aliphatic rings. The molecular formula is C12H20FN3O. The first-order chi connectivity index (χ1) is 7.70. The predicted octanol–water partition coefficient (Wildman–Crippen LogP) is 2.21. The van der Waals surface area contributed by atoms with Gasteiger partial charge in [0.25, 0.3) is 0 Å². The third-order valence-electron chi connectivity index (χ3n) is 3.19. The number of hydrogen-bond donors (Lipinski definition) is 2. The van der Waals surface area contributed by atoms with E-state index in [9.17, 15) is 9.50 Å². The first-order valence-corrected chi connectivity index (χ1v) is 5.60. The van der Waals surface area contributed by atoms with Gasteiger partial charge in [0.1, 0.15) is 6.33 Å². The summed E-state index contributed by atoms with van der Waals surface area (Å²) in [6, 6.07) is 0.101. The quantitative estimate of drug-likeness (QED) is 0.852. The van der Waals surface area contributed by atoms with Gasteiger partial charge in [0.05, 0.1) is 12.3 Å². The molecule has 0 bridgehead atoms. The summed E-state index contributed by atoms with van der Waals surface area (Å²) < 4.78 is 13.3. The van der Waals surface area contributed by atoms with Gasteiger partial charge in [-0.1, -0.05) is 20.8 Å². The standard InChI is InChI=1S/C11H16FN3O.CH4/c1-2-7-3-8(4-10(7)16)15-11-9(12)5-13-6-14-11;/h5-8,10,16H,2-4H2,1H3,(H,13,14,15);1H4/t7-,8+,10-;/m0./s1. The summed E-state index contributed by atoms with van der Waals surface area (Å²) in [6.45, 7) is 2.06. The second-order valence-corrected chi connectivity index (χ2v) is 4.27.